The molecule has 0 atom stereocenters. The van der Waals surface area contributed by atoms with E-state index < -0.39 is 11.2 Å². The van der Waals surface area contributed by atoms with E-state index in [1.165, 1.54) is 0 Å². The predicted molar refractivity (Wildman–Crippen MR) is 40.1 cm³/mol. The number of alkyl halides is 3. The van der Waals surface area contributed by atoms with Crippen molar-refractivity contribution < 1.29 is 13.2 Å². The van der Waals surface area contributed by atoms with Gasteiger partial charge in [-0.3, -0.25) is 0 Å². The quantitative estimate of drug-likeness (QED) is 0.778. The molecule has 1 rings (SSSR count). The maximum Gasteiger partial charge on any atom is 0.445 e. The van der Waals surface area contributed by atoms with Gasteiger partial charge in [0.25, 0.3) is 0 Å². The van der Waals surface area contributed by atoms with Gasteiger partial charge in [-0.25, -0.2) is 0 Å². The molecule has 1 aromatic heterocycles. The van der Waals surface area contributed by atoms with Crippen molar-refractivity contribution in [3.63, 3.8) is 0 Å². The van der Waals surface area contributed by atoms with E-state index in [1.807, 2.05) is 0 Å². The number of hydrogen-bond donors (Lipinski definition) is 1. The highest BCUT2D eigenvalue weighted by Crippen LogP contribution is 2.31. The topological polar surface area (TPSA) is 51.8 Å². The molecule has 0 radical (unpaired) electrons. The molecule has 0 aliphatic rings. The molecule has 2 N–H and O–H groups in total. The fraction of sp³-hybridized carbons (Fsp3) is 0.500. The van der Waals surface area contributed by atoms with Gasteiger partial charge < -0.3 is 5.73 Å². The molecule has 0 aliphatic carbocycles. The van der Waals surface area contributed by atoms with Gasteiger partial charge in [-0.2, -0.15) is 13.2 Å². The number of rotatable bonds is 1. The first kappa shape index (κ1) is 11.6. The van der Waals surface area contributed by atoms with Crippen LogP contribution in [0, 0.1) is 0 Å². The summed E-state index contributed by atoms with van der Waals surface area (Å²) in [6.07, 6.45) is -4.40. The lowest BCUT2D eigenvalue weighted by atomic mass is 10.7. The van der Waals surface area contributed by atoms with Crippen LogP contribution in [0.3, 0.4) is 0 Å². The number of nitrogens with two attached hydrogens (primary N) is 1. The van der Waals surface area contributed by atoms with Gasteiger partial charge >= 0.3 is 6.18 Å². The van der Waals surface area contributed by atoms with Gasteiger partial charge in [-0.15, -0.1) is 22.6 Å². The maximum atomic E-state index is 11.8. The van der Waals surface area contributed by atoms with Crippen molar-refractivity contribution in [1.82, 2.24) is 10.2 Å². The third-order valence-electron chi connectivity index (χ3n) is 0.884. The highest BCUT2D eigenvalue weighted by molar-refractivity contribution is 7.11. The van der Waals surface area contributed by atoms with E-state index >= 15 is 0 Å². The standard InChI is InChI=1S/C4H4F3N3S.ClH/c5-4(6,7)3-10-9-2(1-8)11-3;/h1,8H2;1H. The zero-order valence-corrected chi connectivity index (χ0v) is 7.26. The second-order valence-corrected chi connectivity index (χ2v) is 2.76. The lowest BCUT2D eigenvalue weighted by Gasteiger charge is -1.97. The van der Waals surface area contributed by atoms with Crippen molar-refractivity contribution in [3.05, 3.63) is 10.0 Å². The average molecular weight is 220 g/mol. The monoisotopic (exact) mass is 219 g/mol. The van der Waals surface area contributed by atoms with Crippen molar-refractivity contribution >= 4 is 23.7 Å². The van der Waals surface area contributed by atoms with Gasteiger partial charge in [0.05, 0.1) is 0 Å². The van der Waals surface area contributed by atoms with Gasteiger partial charge in [0.15, 0.2) is 0 Å². The van der Waals surface area contributed by atoms with E-state index in [0.717, 1.165) is 0 Å². The van der Waals surface area contributed by atoms with Crippen LogP contribution in [0.2, 0.25) is 0 Å². The molecule has 8 heteroatoms. The fourth-order valence-electron chi connectivity index (χ4n) is 0.451. The van der Waals surface area contributed by atoms with Crippen LogP contribution in [0.5, 0.6) is 0 Å². The Kier molecular flexibility index (Phi) is 3.88. The second kappa shape index (κ2) is 4.01. The summed E-state index contributed by atoms with van der Waals surface area (Å²) in [7, 11) is 0. The Morgan fingerprint density at radius 2 is 1.92 bits per heavy atom. The molecule has 3 nitrogen and oxygen atoms in total. The highest BCUT2D eigenvalue weighted by atomic mass is 35.5. The Morgan fingerprint density at radius 1 is 1.33 bits per heavy atom. The van der Waals surface area contributed by atoms with E-state index in [2.05, 4.69) is 10.2 Å². The predicted octanol–water partition coefficient (Wildman–Crippen LogP) is 1.44. The second-order valence-electron chi connectivity index (χ2n) is 1.70. The van der Waals surface area contributed by atoms with Crippen molar-refractivity contribution in [3.8, 4) is 0 Å². The molecule has 0 bridgehead atoms. The first-order chi connectivity index (χ1) is 5.04. The van der Waals surface area contributed by atoms with Crippen molar-refractivity contribution in [2.45, 2.75) is 12.7 Å². The number of nitrogens with zero attached hydrogens (tertiary/aromatic N) is 2. The molecular weight excluding hydrogens is 215 g/mol. The van der Waals surface area contributed by atoms with E-state index in [0.29, 0.717) is 11.3 Å². The Hall–Kier alpha value is -0.400. The molecule has 0 spiro atoms. The van der Waals surface area contributed by atoms with Gasteiger partial charge in [0.2, 0.25) is 5.01 Å². The minimum Gasteiger partial charge on any atom is -0.324 e. The minimum atomic E-state index is -4.40. The summed E-state index contributed by atoms with van der Waals surface area (Å²) < 4.78 is 35.4. The van der Waals surface area contributed by atoms with Crippen molar-refractivity contribution in [2.75, 3.05) is 0 Å². The Bertz CT molecular complexity index is 248. The van der Waals surface area contributed by atoms with E-state index in [9.17, 15) is 13.2 Å². The molecule has 1 heterocycles. The molecule has 0 aromatic carbocycles. The van der Waals surface area contributed by atoms with Crippen LogP contribution in [-0.2, 0) is 12.7 Å². The summed E-state index contributed by atoms with van der Waals surface area (Å²) in [4.78, 5) is 0. The van der Waals surface area contributed by atoms with Crippen LogP contribution in [-0.4, -0.2) is 10.2 Å². The van der Waals surface area contributed by atoms with Crippen molar-refractivity contribution in [1.29, 1.82) is 0 Å². The SMILES string of the molecule is Cl.NCc1nnc(C(F)(F)F)s1. The van der Waals surface area contributed by atoms with Crippen LogP contribution in [0.15, 0.2) is 0 Å². The first-order valence-corrected chi connectivity index (χ1v) is 3.45. The molecule has 12 heavy (non-hydrogen) atoms. The van der Waals surface area contributed by atoms with Gasteiger partial charge in [0.1, 0.15) is 5.01 Å². The summed E-state index contributed by atoms with van der Waals surface area (Å²) in [6.45, 7) is -0.00620. The van der Waals surface area contributed by atoms with Crippen LogP contribution in [0.4, 0.5) is 13.2 Å². The lowest BCUT2D eigenvalue weighted by molar-refractivity contribution is -0.138. The van der Waals surface area contributed by atoms with Gasteiger partial charge in [-0.05, 0) is 0 Å². The maximum absolute atomic E-state index is 11.8. The van der Waals surface area contributed by atoms with Gasteiger partial charge in [-0.1, -0.05) is 11.3 Å². The Morgan fingerprint density at radius 3 is 2.17 bits per heavy atom. The van der Waals surface area contributed by atoms with E-state index in [4.69, 9.17) is 5.73 Å². The molecule has 0 unspecified atom stereocenters. The minimum absolute atomic E-state index is 0. The molecular formula is C4H5ClF3N3S. The summed E-state index contributed by atoms with van der Waals surface area (Å²) in [5, 5.41) is 5.39. The highest BCUT2D eigenvalue weighted by Gasteiger charge is 2.35. The van der Waals surface area contributed by atoms with Crippen LogP contribution < -0.4 is 5.73 Å². The van der Waals surface area contributed by atoms with Crippen LogP contribution >= 0.6 is 23.7 Å². The smallest absolute Gasteiger partial charge is 0.324 e. The molecule has 1 aromatic rings. The number of hydrogen-bond acceptors (Lipinski definition) is 4. The number of aromatic nitrogens is 2. The zero-order chi connectivity index (χ0) is 8.48. The fourth-order valence-corrected chi connectivity index (χ4v) is 1.04. The third-order valence-corrected chi connectivity index (χ3v) is 1.87. The number of halogens is 4. The normalized spacial score (nSPS) is 11.0. The molecule has 0 saturated carbocycles. The molecule has 0 amide bonds. The van der Waals surface area contributed by atoms with Crippen LogP contribution in [0.1, 0.15) is 10.0 Å². The van der Waals surface area contributed by atoms with E-state index in [1.54, 1.807) is 0 Å². The Balaban J connectivity index is 0.00000121. The van der Waals surface area contributed by atoms with Crippen molar-refractivity contribution in [2.24, 2.45) is 5.73 Å². The zero-order valence-electron chi connectivity index (χ0n) is 5.63. The molecule has 0 aliphatic heterocycles. The largest absolute Gasteiger partial charge is 0.445 e. The third kappa shape index (κ3) is 2.58. The summed E-state index contributed by atoms with van der Waals surface area (Å²) >= 11 is 0.468. The van der Waals surface area contributed by atoms with E-state index in [-0.39, 0.29) is 24.0 Å². The summed E-state index contributed by atoms with van der Waals surface area (Å²) in [6, 6.07) is 0. The molecule has 0 fully saturated rings. The average Bonchev–Trinajstić information content (AvgIpc) is 2.32. The molecule has 70 valence electrons. The Labute approximate surface area is 76.2 Å². The lowest BCUT2D eigenvalue weighted by Crippen LogP contribution is -2.03. The van der Waals surface area contributed by atoms with Crippen LogP contribution in [0.25, 0.3) is 0 Å². The summed E-state index contributed by atoms with van der Waals surface area (Å²) in [5.74, 6) is 0. The van der Waals surface area contributed by atoms with Gasteiger partial charge in [0, 0.05) is 6.54 Å². The molecule has 0 saturated heterocycles. The first-order valence-electron chi connectivity index (χ1n) is 2.63. The summed E-state index contributed by atoms with van der Waals surface area (Å²) in [5.41, 5.74) is 5.05.